The third-order valence-electron chi connectivity index (χ3n) is 5.23. The molecule has 1 aromatic heterocycles. The van der Waals surface area contributed by atoms with E-state index < -0.39 is 42.3 Å². The second kappa shape index (κ2) is 15.2. The number of carbonyl (C=O) groups is 3. The van der Waals surface area contributed by atoms with E-state index in [-0.39, 0.29) is 19.0 Å². The van der Waals surface area contributed by atoms with Crippen molar-refractivity contribution >= 4 is 28.5 Å². The molecule has 0 aliphatic carbocycles. The summed E-state index contributed by atoms with van der Waals surface area (Å²) in [6.45, 7) is 11.9. The summed E-state index contributed by atoms with van der Waals surface area (Å²) < 4.78 is 50.9. The van der Waals surface area contributed by atoms with E-state index >= 15 is 0 Å². The van der Waals surface area contributed by atoms with Crippen molar-refractivity contribution in [1.82, 2.24) is 20.5 Å². The molecule has 2 N–H and O–H groups in total. The van der Waals surface area contributed by atoms with E-state index in [1.165, 1.54) is 36.3 Å². The van der Waals surface area contributed by atoms with Gasteiger partial charge in [0.1, 0.15) is 11.9 Å². The van der Waals surface area contributed by atoms with Crippen LogP contribution >= 0.6 is 0 Å². The van der Waals surface area contributed by atoms with Gasteiger partial charge in [-0.2, -0.15) is 13.2 Å². The van der Waals surface area contributed by atoms with Gasteiger partial charge in [-0.15, -0.1) is 0 Å². The van der Waals surface area contributed by atoms with Crippen molar-refractivity contribution in [1.29, 1.82) is 0 Å². The molecule has 38 heavy (non-hydrogen) atoms. The molecule has 2 unspecified atom stereocenters. The normalized spacial score (nSPS) is 16.8. The average Bonchev–Trinajstić information content (AvgIpc) is 3.22. The summed E-state index contributed by atoms with van der Waals surface area (Å²) >= 11 is 0. The number of likely N-dealkylation sites (tertiary alicyclic amines) is 1. The zero-order valence-corrected chi connectivity index (χ0v) is 22.8. The monoisotopic (exact) mass is 542 g/mol. The van der Waals surface area contributed by atoms with Crippen molar-refractivity contribution in [2.45, 2.75) is 73.1 Å². The number of alkyl halides is 3. The number of nitrogens with zero attached hydrogens (tertiary/aromatic N) is 2. The summed E-state index contributed by atoms with van der Waals surface area (Å²) in [7, 11) is 0. The van der Waals surface area contributed by atoms with E-state index in [1.54, 1.807) is 13.0 Å². The van der Waals surface area contributed by atoms with Gasteiger partial charge in [0, 0.05) is 30.9 Å². The molecule has 2 aromatic rings. The molecule has 11 heteroatoms. The highest BCUT2D eigenvalue weighted by molar-refractivity contribution is 5.92. The highest BCUT2D eigenvalue weighted by Crippen LogP contribution is 2.25. The Hall–Kier alpha value is -3.24. The molecule has 1 aromatic carbocycles. The number of hydrogen-bond donors (Lipinski definition) is 2. The standard InChI is InChI=1S/C20H20F4N4O3.C4H10.C3H8/c1-11-5-6-28(16(29)10-27-19(31)20(22,23)24)17(11)18(30)26-8-12-7-25-9-14-13(12)3-2-4-15(14)21;1-4(2)3;1-3-2/h2-4,7,9,11,17H,5-6,8,10H2,1H3,(H,26,30)(H,27,31);4H,1-3H3;3H2,1-2H3. The number of fused-ring (bicyclic) bond motifs is 1. The number of carbonyl (C=O) groups excluding carboxylic acids is 3. The maximum absolute atomic E-state index is 13.9. The predicted octanol–water partition coefficient (Wildman–Crippen LogP) is 4.98. The Morgan fingerprint density at radius 3 is 2.26 bits per heavy atom. The summed E-state index contributed by atoms with van der Waals surface area (Å²) in [6, 6.07) is 3.64. The molecule has 1 aliphatic heterocycles. The van der Waals surface area contributed by atoms with Crippen LogP contribution in [0, 0.1) is 17.7 Å². The van der Waals surface area contributed by atoms with Crippen molar-refractivity contribution in [3.05, 3.63) is 42.0 Å². The summed E-state index contributed by atoms with van der Waals surface area (Å²) in [5, 5.41) is 5.11. The van der Waals surface area contributed by atoms with Crippen molar-refractivity contribution in [3.63, 3.8) is 0 Å². The fraction of sp³-hybridized carbons (Fsp3) is 0.556. The van der Waals surface area contributed by atoms with Crippen LogP contribution in [0.3, 0.4) is 0 Å². The lowest BCUT2D eigenvalue weighted by atomic mass is 10.0. The third-order valence-corrected chi connectivity index (χ3v) is 5.23. The summed E-state index contributed by atoms with van der Waals surface area (Å²) in [5.41, 5.74) is 0.575. The number of rotatable bonds is 5. The zero-order chi connectivity index (χ0) is 29.0. The van der Waals surface area contributed by atoms with Crippen LogP contribution in [-0.4, -0.2) is 52.9 Å². The first-order valence-corrected chi connectivity index (χ1v) is 12.7. The van der Waals surface area contributed by atoms with E-state index in [1.807, 2.05) is 0 Å². The Morgan fingerprint density at radius 1 is 1.08 bits per heavy atom. The van der Waals surface area contributed by atoms with Crippen LogP contribution in [0.15, 0.2) is 30.6 Å². The third kappa shape index (κ3) is 9.90. The van der Waals surface area contributed by atoms with Gasteiger partial charge in [0.2, 0.25) is 11.8 Å². The largest absolute Gasteiger partial charge is 0.471 e. The molecule has 2 atom stereocenters. The van der Waals surface area contributed by atoms with Crippen LogP contribution in [-0.2, 0) is 20.9 Å². The number of amides is 3. The number of hydrogen-bond acceptors (Lipinski definition) is 4. The van der Waals surface area contributed by atoms with Crippen molar-refractivity contribution < 1.29 is 31.9 Å². The second-order valence-corrected chi connectivity index (χ2v) is 9.77. The fourth-order valence-electron chi connectivity index (χ4n) is 3.63. The first-order chi connectivity index (χ1) is 17.7. The van der Waals surface area contributed by atoms with Crippen molar-refractivity contribution in [2.75, 3.05) is 13.1 Å². The molecule has 0 radical (unpaired) electrons. The Kier molecular flexibility index (Phi) is 13.1. The number of pyridine rings is 1. The molecule has 0 saturated carbocycles. The zero-order valence-electron chi connectivity index (χ0n) is 22.8. The second-order valence-electron chi connectivity index (χ2n) is 9.77. The molecule has 0 spiro atoms. The van der Waals surface area contributed by atoms with Crippen molar-refractivity contribution in [3.8, 4) is 0 Å². The molecule has 3 amide bonds. The van der Waals surface area contributed by atoms with Gasteiger partial charge >= 0.3 is 12.1 Å². The lowest BCUT2D eigenvalue weighted by Crippen LogP contribution is -2.51. The molecule has 7 nitrogen and oxygen atoms in total. The molecular formula is C27H38F4N4O3. The topological polar surface area (TPSA) is 91.4 Å². The van der Waals surface area contributed by atoms with Crippen LogP contribution in [0.5, 0.6) is 0 Å². The van der Waals surface area contributed by atoms with Gasteiger partial charge in [-0.3, -0.25) is 19.4 Å². The van der Waals surface area contributed by atoms with E-state index in [9.17, 15) is 31.9 Å². The Morgan fingerprint density at radius 2 is 1.68 bits per heavy atom. The first kappa shape index (κ1) is 32.8. The number of aromatic nitrogens is 1. The van der Waals surface area contributed by atoms with E-state index in [0.29, 0.717) is 22.8 Å². The highest BCUT2D eigenvalue weighted by Gasteiger charge is 2.41. The number of halogens is 4. The number of benzene rings is 1. The summed E-state index contributed by atoms with van der Waals surface area (Å²) in [6.07, 6.45) is -0.486. The number of nitrogens with one attached hydrogen (secondary N) is 2. The van der Waals surface area contributed by atoms with Gasteiger partial charge in [-0.05, 0) is 35.3 Å². The fourth-order valence-corrected chi connectivity index (χ4v) is 3.63. The van der Waals surface area contributed by atoms with Gasteiger partial charge in [-0.1, -0.05) is 60.1 Å². The molecule has 2 heterocycles. The van der Waals surface area contributed by atoms with Gasteiger partial charge in [0.05, 0.1) is 6.54 Å². The summed E-state index contributed by atoms with van der Waals surface area (Å²) in [5.74, 6) is -3.33. The average molecular weight is 543 g/mol. The van der Waals surface area contributed by atoms with Crippen LogP contribution in [0.2, 0.25) is 0 Å². The maximum atomic E-state index is 13.9. The minimum Gasteiger partial charge on any atom is -0.350 e. The van der Waals surface area contributed by atoms with Gasteiger partial charge in [0.15, 0.2) is 0 Å². The minimum atomic E-state index is -5.10. The van der Waals surface area contributed by atoms with Crippen LogP contribution < -0.4 is 10.6 Å². The van der Waals surface area contributed by atoms with E-state index in [4.69, 9.17) is 0 Å². The highest BCUT2D eigenvalue weighted by atomic mass is 19.4. The quantitative estimate of drug-likeness (QED) is 0.521. The smallest absolute Gasteiger partial charge is 0.350 e. The molecule has 212 valence electrons. The lowest BCUT2D eigenvalue weighted by Gasteiger charge is -2.26. The first-order valence-electron chi connectivity index (χ1n) is 12.7. The van der Waals surface area contributed by atoms with Crippen LogP contribution in [0.1, 0.15) is 59.9 Å². The lowest BCUT2D eigenvalue weighted by molar-refractivity contribution is -0.174. The molecule has 3 rings (SSSR count). The molecule has 0 bridgehead atoms. The Labute approximate surface area is 221 Å². The Bertz CT molecular complexity index is 1070. The molecular weight excluding hydrogens is 504 g/mol. The van der Waals surface area contributed by atoms with E-state index in [2.05, 4.69) is 44.9 Å². The van der Waals surface area contributed by atoms with Gasteiger partial charge in [0.25, 0.3) is 0 Å². The van der Waals surface area contributed by atoms with E-state index in [0.717, 1.165) is 10.8 Å². The van der Waals surface area contributed by atoms with Gasteiger partial charge in [-0.25, -0.2) is 4.39 Å². The molecule has 1 fully saturated rings. The molecule has 1 saturated heterocycles. The summed E-state index contributed by atoms with van der Waals surface area (Å²) in [4.78, 5) is 41.2. The SMILES string of the molecule is CC(C)C.CC1CCN(C(=O)CNC(=O)C(F)(F)F)C1C(=O)NCc1cncc2c(F)cccc12.CCC. The Balaban J connectivity index is 0.000000923. The maximum Gasteiger partial charge on any atom is 0.471 e. The van der Waals surface area contributed by atoms with Crippen LogP contribution in [0.4, 0.5) is 17.6 Å². The molecule has 1 aliphatic rings. The minimum absolute atomic E-state index is 0.0304. The predicted molar refractivity (Wildman–Crippen MR) is 138 cm³/mol. The van der Waals surface area contributed by atoms with Gasteiger partial charge < -0.3 is 15.5 Å². The van der Waals surface area contributed by atoms with Crippen molar-refractivity contribution in [2.24, 2.45) is 11.8 Å². The van der Waals surface area contributed by atoms with Crippen LogP contribution in [0.25, 0.3) is 10.8 Å².